The number of methoxy groups -OCH3 is 1. The van der Waals surface area contributed by atoms with Crippen molar-refractivity contribution in [2.75, 3.05) is 7.11 Å². The predicted octanol–water partition coefficient (Wildman–Crippen LogP) is 3.41. The molecule has 0 aliphatic heterocycles. The summed E-state index contributed by atoms with van der Waals surface area (Å²) >= 11 is 0. The lowest BCUT2D eigenvalue weighted by molar-refractivity contribution is 0.415. The minimum atomic E-state index is 0.506. The Morgan fingerprint density at radius 1 is 1.00 bits per heavy atom. The molecule has 3 heteroatoms. The van der Waals surface area contributed by atoms with E-state index in [1.54, 1.807) is 19.2 Å². The highest BCUT2D eigenvalue weighted by atomic mass is 16.5. The van der Waals surface area contributed by atoms with Crippen molar-refractivity contribution in [1.82, 2.24) is 0 Å². The zero-order chi connectivity index (χ0) is 13.8. The smallest absolute Gasteiger partial charge is 0.118 e. The third-order valence-electron chi connectivity index (χ3n) is 2.96. The van der Waals surface area contributed by atoms with Gasteiger partial charge in [0.1, 0.15) is 5.75 Å². The number of rotatable bonds is 2. The Morgan fingerprint density at radius 3 is 2.21 bits per heavy atom. The molecule has 0 spiro atoms. The lowest BCUT2D eigenvalue weighted by atomic mass is 9.93. The van der Waals surface area contributed by atoms with Crippen molar-refractivity contribution < 1.29 is 4.74 Å². The van der Waals surface area contributed by atoms with Gasteiger partial charge in [-0.2, -0.15) is 10.5 Å². The second-order valence-corrected chi connectivity index (χ2v) is 4.17. The molecule has 2 rings (SSSR count). The molecule has 0 heterocycles. The monoisotopic (exact) mass is 248 g/mol. The second-order valence-electron chi connectivity index (χ2n) is 4.17. The topological polar surface area (TPSA) is 56.8 Å². The summed E-state index contributed by atoms with van der Waals surface area (Å²) in [6.07, 6.45) is 0. The van der Waals surface area contributed by atoms with Crippen LogP contribution in [0.15, 0.2) is 36.4 Å². The molecule has 0 saturated heterocycles. The molecule has 2 aromatic carbocycles. The van der Waals surface area contributed by atoms with E-state index in [9.17, 15) is 5.26 Å². The molecule has 0 aliphatic carbocycles. The van der Waals surface area contributed by atoms with Gasteiger partial charge in [0.25, 0.3) is 0 Å². The molecule has 19 heavy (non-hydrogen) atoms. The third-order valence-corrected chi connectivity index (χ3v) is 2.96. The van der Waals surface area contributed by atoms with E-state index in [4.69, 9.17) is 10.00 Å². The normalized spacial score (nSPS) is 9.47. The molecule has 2 aromatic rings. The largest absolute Gasteiger partial charge is 0.497 e. The van der Waals surface area contributed by atoms with Crippen molar-refractivity contribution >= 4 is 0 Å². The summed E-state index contributed by atoms with van der Waals surface area (Å²) in [4.78, 5) is 0. The molecule has 0 saturated carbocycles. The average Bonchev–Trinajstić information content (AvgIpc) is 2.46. The maximum atomic E-state index is 9.24. The zero-order valence-corrected chi connectivity index (χ0v) is 10.8. The van der Waals surface area contributed by atoms with E-state index >= 15 is 0 Å². The highest BCUT2D eigenvalue weighted by Gasteiger charge is 2.10. The maximum Gasteiger partial charge on any atom is 0.118 e. The Labute approximate surface area is 112 Å². The number of nitrogens with zero attached hydrogens (tertiary/aromatic N) is 2. The summed E-state index contributed by atoms with van der Waals surface area (Å²) in [5.41, 5.74) is 3.75. The van der Waals surface area contributed by atoms with Crippen LogP contribution in [0.3, 0.4) is 0 Å². The van der Waals surface area contributed by atoms with Crippen LogP contribution >= 0.6 is 0 Å². The molecule has 0 bridgehead atoms. The Kier molecular flexibility index (Phi) is 3.50. The van der Waals surface area contributed by atoms with Gasteiger partial charge in [0.05, 0.1) is 30.4 Å². The molecule has 0 radical (unpaired) electrons. The summed E-state index contributed by atoms with van der Waals surface area (Å²) in [6.45, 7) is 1.90. The Morgan fingerprint density at radius 2 is 1.68 bits per heavy atom. The van der Waals surface area contributed by atoms with Crippen molar-refractivity contribution in [1.29, 1.82) is 10.5 Å². The fourth-order valence-electron chi connectivity index (χ4n) is 2.08. The first-order valence-electron chi connectivity index (χ1n) is 5.79. The lowest BCUT2D eigenvalue weighted by Crippen LogP contribution is -1.92. The van der Waals surface area contributed by atoms with E-state index in [0.29, 0.717) is 11.1 Å². The third kappa shape index (κ3) is 2.41. The highest BCUT2D eigenvalue weighted by Crippen LogP contribution is 2.29. The van der Waals surface area contributed by atoms with Gasteiger partial charge in [-0.05, 0) is 42.3 Å². The number of benzene rings is 2. The summed E-state index contributed by atoms with van der Waals surface area (Å²) in [6, 6.07) is 15.2. The second kappa shape index (κ2) is 5.25. The van der Waals surface area contributed by atoms with Crippen LogP contribution in [0, 0.1) is 29.6 Å². The standard InChI is InChI=1S/C16H12N2O/c1-11-7-12(9-17)8-14(10-18)16(11)13-3-5-15(19-2)6-4-13/h3-8H,1-2H3. The number of hydrogen-bond acceptors (Lipinski definition) is 3. The number of nitriles is 2. The fourth-order valence-corrected chi connectivity index (χ4v) is 2.08. The van der Waals surface area contributed by atoms with E-state index in [1.165, 1.54) is 0 Å². The van der Waals surface area contributed by atoms with Crippen molar-refractivity contribution in [3.05, 3.63) is 53.1 Å². The first-order valence-corrected chi connectivity index (χ1v) is 5.79. The van der Waals surface area contributed by atoms with Gasteiger partial charge in [-0.1, -0.05) is 12.1 Å². The molecule has 0 amide bonds. The lowest BCUT2D eigenvalue weighted by Gasteiger charge is -2.10. The van der Waals surface area contributed by atoms with Crippen LogP contribution in [0.25, 0.3) is 11.1 Å². The van der Waals surface area contributed by atoms with Crippen LogP contribution < -0.4 is 4.74 Å². The van der Waals surface area contributed by atoms with Gasteiger partial charge in [-0.3, -0.25) is 0 Å². The molecule has 0 N–H and O–H groups in total. The molecule has 0 aromatic heterocycles. The number of ether oxygens (including phenoxy) is 1. The van der Waals surface area contributed by atoms with Gasteiger partial charge in [0.2, 0.25) is 0 Å². The van der Waals surface area contributed by atoms with E-state index in [2.05, 4.69) is 12.1 Å². The van der Waals surface area contributed by atoms with Crippen LogP contribution in [-0.2, 0) is 0 Å². The highest BCUT2D eigenvalue weighted by molar-refractivity contribution is 5.75. The SMILES string of the molecule is COc1ccc(-c2c(C)cc(C#N)cc2C#N)cc1. The number of hydrogen-bond donors (Lipinski definition) is 0. The average molecular weight is 248 g/mol. The van der Waals surface area contributed by atoms with Crippen molar-refractivity contribution in [2.24, 2.45) is 0 Å². The minimum absolute atomic E-state index is 0.506. The predicted molar refractivity (Wildman–Crippen MR) is 72.6 cm³/mol. The van der Waals surface area contributed by atoms with Crippen LogP contribution in [0.1, 0.15) is 16.7 Å². The van der Waals surface area contributed by atoms with Gasteiger partial charge < -0.3 is 4.74 Å². The molecule has 0 atom stereocenters. The molecule has 92 valence electrons. The van der Waals surface area contributed by atoms with Crippen molar-refractivity contribution in [3.8, 4) is 29.0 Å². The van der Waals surface area contributed by atoms with Gasteiger partial charge in [0, 0.05) is 5.56 Å². The van der Waals surface area contributed by atoms with E-state index in [1.807, 2.05) is 31.2 Å². The van der Waals surface area contributed by atoms with E-state index < -0.39 is 0 Å². The minimum Gasteiger partial charge on any atom is -0.497 e. The first-order chi connectivity index (χ1) is 9.19. The Hall–Kier alpha value is -2.78. The van der Waals surface area contributed by atoms with Gasteiger partial charge in [-0.15, -0.1) is 0 Å². The van der Waals surface area contributed by atoms with Gasteiger partial charge >= 0.3 is 0 Å². The molecule has 0 aliphatic rings. The zero-order valence-electron chi connectivity index (χ0n) is 10.8. The van der Waals surface area contributed by atoms with Gasteiger partial charge in [-0.25, -0.2) is 0 Å². The van der Waals surface area contributed by atoms with Crippen molar-refractivity contribution in [2.45, 2.75) is 6.92 Å². The Balaban J connectivity index is 2.61. The van der Waals surface area contributed by atoms with Crippen LogP contribution in [-0.4, -0.2) is 7.11 Å². The summed E-state index contributed by atoms with van der Waals surface area (Å²) in [5, 5.41) is 18.2. The fraction of sp³-hybridized carbons (Fsp3) is 0.125. The molecule has 3 nitrogen and oxygen atoms in total. The van der Waals surface area contributed by atoms with E-state index in [0.717, 1.165) is 22.4 Å². The molecular weight excluding hydrogens is 236 g/mol. The first kappa shape index (κ1) is 12.7. The molecule has 0 unspecified atom stereocenters. The molecule has 0 fully saturated rings. The summed E-state index contributed by atoms with van der Waals surface area (Å²) < 4.78 is 5.12. The van der Waals surface area contributed by atoms with Crippen LogP contribution in [0.5, 0.6) is 5.75 Å². The van der Waals surface area contributed by atoms with E-state index in [-0.39, 0.29) is 0 Å². The summed E-state index contributed by atoms with van der Waals surface area (Å²) in [5.74, 6) is 0.772. The van der Waals surface area contributed by atoms with Crippen molar-refractivity contribution in [3.63, 3.8) is 0 Å². The van der Waals surface area contributed by atoms with Crippen LogP contribution in [0.2, 0.25) is 0 Å². The molecular formula is C16H12N2O. The summed E-state index contributed by atoms with van der Waals surface area (Å²) in [7, 11) is 1.61. The Bertz CT molecular complexity index is 688. The maximum absolute atomic E-state index is 9.24. The van der Waals surface area contributed by atoms with Gasteiger partial charge in [0.15, 0.2) is 0 Å². The quantitative estimate of drug-likeness (QED) is 0.818. The number of aryl methyl sites for hydroxylation is 1. The van der Waals surface area contributed by atoms with Crippen LogP contribution in [0.4, 0.5) is 0 Å².